The Kier molecular flexibility index (Phi) is 3.27. The van der Waals surface area contributed by atoms with E-state index in [1.807, 2.05) is 7.05 Å². The quantitative estimate of drug-likeness (QED) is 0.899. The third kappa shape index (κ3) is 2.48. The van der Waals surface area contributed by atoms with Crippen molar-refractivity contribution in [1.29, 1.82) is 0 Å². The molecule has 0 radical (unpaired) electrons. The first kappa shape index (κ1) is 12.1. The SMILES string of the molecule is Cn1ccnc1COc1ccc(C(=O)O)c(F)c1. The molecule has 1 heterocycles. The van der Waals surface area contributed by atoms with Crippen LogP contribution in [0.5, 0.6) is 5.75 Å². The van der Waals surface area contributed by atoms with E-state index in [0.29, 0.717) is 5.82 Å². The van der Waals surface area contributed by atoms with Gasteiger partial charge in [-0.05, 0) is 12.1 Å². The van der Waals surface area contributed by atoms with Crippen molar-refractivity contribution in [2.75, 3.05) is 0 Å². The van der Waals surface area contributed by atoms with E-state index in [4.69, 9.17) is 9.84 Å². The molecule has 0 spiro atoms. The molecule has 5 nitrogen and oxygen atoms in total. The number of aromatic carboxylic acids is 1. The van der Waals surface area contributed by atoms with Gasteiger partial charge >= 0.3 is 5.97 Å². The van der Waals surface area contributed by atoms with Crippen LogP contribution in [0, 0.1) is 5.82 Å². The van der Waals surface area contributed by atoms with Gasteiger partial charge in [-0.2, -0.15) is 0 Å². The maximum absolute atomic E-state index is 13.4. The Morgan fingerprint density at radius 1 is 1.56 bits per heavy atom. The highest BCUT2D eigenvalue weighted by molar-refractivity contribution is 5.88. The molecule has 0 unspecified atom stereocenters. The lowest BCUT2D eigenvalue weighted by Gasteiger charge is -2.07. The van der Waals surface area contributed by atoms with Crippen molar-refractivity contribution in [2.24, 2.45) is 7.05 Å². The molecule has 0 saturated heterocycles. The van der Waals surface area contributed by atoms with E-state index in [9.17, 15) is 9.18 Å². The summed E-state index contributed by atoms with van der Waals surface area (Å²) in [6, 6.07) is 3.63. The number of hydrogen-bond donors (Lipinski definition) is 1. The van der Waals surface area contributed by atoms with Crippen molar-refractivity contribution in [3.05, 3.63) is 47.8 Å². The van der Waals surface area contributed by atoms with Crippen LogP contribution < -0.4 is 4.74 Å². The minimum absolute atomic E-state index is 0.190. The Morgan fingerprint density at radius 2 is 2.33 bits per heavy atom. The maximum Gasteiger partial charge on any atom is 0.338 e. The number of nitrogens with zero attached hydrogens (tertiary/aromatic N) is 2. The molecule has 18 heavy (non-hydrogen) atoms. The Labute approximate surface area is 102 Å². The molecule has 1 aromatic heterocycles. The summed E-state index contributed by atoms with van der Waals surface area (Å²) >= 11 is 0. The molecule has 2 rings (SSSR count). The summed E-state index contributed by atoms with van der Waals surface area (Å²) in [6.07, 6.45) is 3.40. The summed E-state index contributed by atoms with van der Waals surface area (Å²) in [5.41, 5.74) is -0.376. The van der Waals surface area contributed by atoms with Gasteiger partial charge in [0.2, 0.25) is 0 Å². The van der Waals surface area contributed by atoms with Crippen LogP contribution in [0.15, 0.2) is 30.6 Å². The van der Waals surface area contributed by atoms with Gasteiger partial charge < -0.3 is 14.4 Å². The van der Waals surface area contributed by atoms with Gasteiger partial charge in [0, 0.05) is 25.5 Å². The first-order valence-corrected chi connectivity index (χ1v) is 5.20. The average Bonchev–Trinajstić information content (AvgIpc) is 2.72. The van der Waals surface area contributed by atoms with Crippen LogP contribution in [0.1, 0.15) is 16.2 Å². The van der Waals surface area contributed by atoms with Gasteiger partial charge in [-0.25, -0.2) is 14.2 Å². The van der Waals surface area contributed by atoms with E-state index in [1.54, 1.807) is 17.0 Å². The number of aromatic nitrogens is 2. The second-order valence-corrected chi connectivity index (χ2v) is 3.69. The topological polar surface area (TPSA) is 64.4 Å². The number of carboxylic acids is 1. The largest absolute Gasteiger partial charge is 0.486 e. The van der Waals surface area contributed by atoms with Crippen LogP contribution in [0.2, 0.25) is 0 Å². The molecule has 2 aromatic rings. The first-order valence-electron chi connectivity index (χ1n) is 5.20. The van der Waals surface area contributed by atoms with Crippen LogP contribution in [-0.4, -0.2) is 20.6 Å². The second kappa shape index (κ2) is 4.87. The summed E-state index contributed by atoms with van der Waals surface area (Å²) in [7, 11) is 1.82. The first-order chi connectivity index (χ1) is 8.58. The number of halogens is 1. The highest BCUT2D eigenvalue weighted by Crippen LogP contribution is 2.17. The summed E-state index contributed by atoms with van der Waals surface area (Å²) in [5, 5.41) is 8.68. The highest BCUT2D eigenvalue weighted by atomic mass is 19.1. The van der Waals surface area contributed by atoms with E-state index in [0.717, 1.165) is 6.07 Å². The number of carboxylic acid groups (broad SMARTS) is 1. The second-order valence-electron chi connectivity index (χ2n) is 3.69. The summed E-state index contributed by atoms with van der Waals surface area (Å²) in [4.78, 5) is 14.7. The number of benzene rings is 1. The van der Waals surface area contributed by atoms with Crippen molar-refractivity contribution in [3.63, 3.8) is 0 Å². The van der Waals surface area contributed by atoms with Gasteiger partial charge in [-0.15, -0.1) is 0 Å². The Bertz CT molecular complexity index is 580. The molecule has 0 fully saturated rings. The molecule has 0 aliphatic rings. The molecule has 0 aliphatic carbocycles. The summed E-state index contributed by atoms with van der Waals surface area (Å²) in [6.45, 7) is 0.190. The lowest BCUT2D eigenvalue weighted by molar-refractivity contribution is 0.0692. The summed E-state index contributed by atoms with van der Waals surface area (Å²) < 4.78 is 20.5. The van der Waals surface area contributed by atoms with Crippen molar-refractivity contribution in [1.82, 2.24) is 9.55 Å². The van der Waals surface area contributed by atoms with Crippen LogP contribution >= 0.6 is 0 Å². The third-order valence-corrected chi connectivity index (χ3v) is 2.46. The molecule has 1 N–H and O–H groups in total. The molecule has 0 atom stereocenters. The number of ether oxygens (including phenoxy) is 1. The molecule has 0 saturated carbocycles. The van der Waals surface area contributed by atoms with Crippen molar-refractivity contribution < 1.29 is 19.0 Å². The number of aryl methyl sites for hydroxylation is 1. The molecule has 0 bridgehead atoms. The number of carbonyl (C=O) groups is 1. The molecular formula is C12H11FN2O3. The standard InChI is InChI=1S/C12H11FN2O3/c1-15-5-4-14-11(15)7-18-8-2-3-9(12(16)17)10(13)6-8/h2-6H,7H2,1H3,(H,16,17). The third-order valence-electron chi connectivity index (χ3n) is 2.46. The van der Waals surface area contributed by atoms with E-state index >= 15 is 0 Å². The fourth-order valence-electron chi connectivity index (χ4n) is 1.44. The molecule has 1 aromatic carbocycles. The minimum Gasteiger partial charge on any atom is -0.486 e. The van der Waals surface area contributed by atoms with Gasteiger partial charge in [0.15, 0.2) is 0 Å². The number of hydrogen-bond acceptors (Lipinski definition) is 3. The van der Waals surface area contributed by atoms with Gasteiger partial charge in [-0.1, -0.05) is 0 Å². The van der Waals surface area contributed by atoms with Gasteiger partial charge in [0.25, 0.3) is 0 Å². The zero-order valence-electron chi connectivity index (χ0n) is 9.63. The fraction of sp³-hybridized carbons (Fsp3) is 0.167. The monoisotopic (exact) mass is 250 g/mol. The maximum atomic E-state index is 13.4. The lowest BCUT2D eigenvalue weighted by atomic mass is 10.2. The average molecular weight is 250 g/mol. The number of imidazole rings is 1. The zero-order valence-corrected chi connectivity index (χ0v) is 9.63. The minimum atomic E-state index is -1.30. The lowest BCUT2D eigenvalue weighted by Crippen LogP contribution is -2.04. The summed E-state index contributed by atoms with van der Waals surface area (Å²) in [5.74, 6) is -1.17. The van der Waals surface area contributed by atoms with E-state index < -0.39 is 11.8 Å². The van der Waals surface area contributed by atoms with E-state index in [-0.39, 0.29) is 17.9 Å². The normalized spacial score (nSPS) is 10.3. The molecule has 0 amide bonds. The molecule has 0 aliphatic heterocycles. The van der Waals surface area contributed by atoms with Crippen molar-refractivity contribution in [2.45, 2.75) is 6.61 Å². The van der Waals surface area contributed by atoms with E-state index in [1.165, 1.54) is 12.1 Å². The number of rotatable bonds is 4. The van der Waals surface area contributed by atoms with Crippen LogP contribution in [0.3, 0.4) is 0 Å². The Morgan fingerprint density at radius 3 is 2.89 bits per heavy atom. The Hall–Kier alpha value is -2.37. The van der Waals surface area contributed by atoms with Gasteiger partial charge in [-0.3, -0.25) is 0 Å². The van der Waals surface area contributed by atoms with Crippen LogP contribution in [0.25, 0.3) is 0 Å². The van der Waals surface area contributed by atoms with Gasteiger partial charge in [0.05, 0.1) is 5.56 Å². The van der Waals surface area contributed by atoms with Crippen LogP contribution in [0.4, 0.5) is 4.39 Å². The van der Waals surface area contributed by atoms with Crippen molar-refractivity contribution in [3.8, 4) is 5.75 Å². The van der Waals surface area contributed by atoms with Crippen LogP contribution in [-0.2, 0) is 13.7 Å². The van der Waals surface area contributed by atoms with Gasteiger partial charge in [0.1, 0.15) is 24.0 Å². The predicted molar refractivity (Wildman–Crippen MR) is 60.9 cm³/mol. The highest BCUT2D eigenvalue weighted by Gasteiger charge is 2.11. The van der Waals surface area contributed by atoms with E-state index in [2.05, 4.69) is 4.98 Å². The molecule has 6 heteroatoms. The Balaban J connectivity index is 2.09. The smallest absolute Gasteiger partial charge is 0.338 e. The molecule has 94 valence electrons. The molecular weight excluding hydrogens is 239 g/mol. The van der Waals surface area contributed by atoms with Crippen molar-refractivity contribution >= 4 is 5.97 Å². The zero-order chi connectivity index (χ0) is 13.1. The fourth-order valence-corrected chi connectivity index (χ4v) is 1.44. The predicted octanol–water partition coefficient (Wildman–Crippen LogP) is 1.84.